The average molecular weight is 266 g/mol. The van der Waals surface area contributed by atoms with Gasteiger partial charge in [-0.25, -0.2) is 0 Å². The lowest BCUT2D eigenvalue weighted by Gasteiger charge is -2.18. The van der Waals surface area contributed by atoms with E-state index >= 15 is 0 Å². The van der Waals surface area contributed by atoms with Gasteiger partial charge in [-0.3, -0.25) is 0 Å². The van der Waals surface area contributed by atoms with Gasteiger partial charge in [0.1, 0.15) is 0 Å². The molecule has 6 heteroatoms. The van der Waals surface area contributed by atoms with Crippen LogP contribution < -0.4 is 0 Å². The minimum absolute atomic E-state index is 0.00349. The monoisotopic (exact) mass is 266 g/mol. The van der Waals surface area contributed by atoms with Gasteiger partial charge in [0.05, 0.1) is 0 Å². The molecule has 16 heavy (non-hydrogen) atoms. The second kappa shape index (κ2) is 10.4. The SMILES string of the molecule is COC(C[SiH2]C(C)[SiH2]CC(OC)OC)OC. The molecular formula is C10H26O4Si2. The molecule has 0 aliphatic rings. The van der Waals surface area contributed by atoms with Crippen molar-refractivity contribution in [1.29, 1.82) is 0 Å². The minimum Gasteiger partial charge on any atom is -0.356 e. The van der Waals surface area contributed by atoms with Gasteiger partial charge in [-0.1, -0.05) is 12.1 Å². The maximum atomic E-state index is 5.20. The Morgan fingerprint density at radius 1 is 0.750 bits per heavy atom. The first kappa shape index (κ1) is 16.3. The van der Waals surface area contributed by atoms with Gasteiger partial charge >= 0.3 is 0 Å². The van der Waals surface area contributed by atoms with Crippen LogP contribution in [0, 0.1) is 0 Å². The van der Waals surface area contributed by atoms with Crippen LogP contribution in [0.25, 0.3) is 0 Å². The third-order valence-corrected chi connectivity index (χ3v) is 8.87. The Kier molecular flexibility index (Phi) is 10.6. The highest BCUT2D eigenvalue weighted by Crippen LogP contribution is 2.10. The van der Waals surface area contributed by atoms with E-state index in [4.69, 9.17) is 18.9 Å². The van der Waals surface area contributed by atoms with E-state index in [2.05, 4.69) is 6.92 Å². The molecule has 0 fully saturated rings. The number of rotatable bonds is 10. The van der Waals surface area contributed by atoms with Crippen molar-refractivity contribution in [3.63, 3.8) is 0 Å². The summed E-state index contributed by atoms with van der Waals surface area (Å²) in [6.07, 6.45) is 0.00697. The first-order chi connectivity index (χ1) is 7.67. The zero-order valence-corrected chi connectivity index (χ0v) is 14.0. The molecule has 98 valence electrons. The molecule has 0 bridgehead atoms. The summed E-state index contributed by atoms with van der Waals surface area (Å²) in [6.45, 7) is 2.35. The van der Waals surface area contributed by atoms with E-state index in [0.29, 0.717) is 0 Å². The third-order valence-electron chi connectivity index (χ3n) is 2.84. The highest BCUT2D eigenvalue weighted by Gasteiger charge is 2.12. The van der Waals surface area contributed by atoms with Gasteiger partial charge in [-0.15, -0.1) is 0 Å². The fourth-order valence-corrected chi connectivity index (χ4v) is 6.84. The lowest BCUT2D eigenvalue weighted by Crippen LogP contribution is -2.22. The fourth-order valence-electron chi connectivity index (χ4n) is 1.65. The van der Waals surface area contributed by atoms with Gasteiger partial charge in [0, 0.05) is 47.5 Å². The summed E-state index contributed by atoms with van der Waals surface area (Å²) >= 11 is 0. The molecule has 0 spiro atoms. The van der Waals surface area contributed by atoms with Crippen molar-refractivity contribution in [2.24, 2.45) is 0 Å². The normalized spacial score (nSPS) is 15.2. The van der Waals surface area contributed by atoms with Crippen LogP contribution >= 0.6 is 0 Å². The van der Waals surface area contributed by atoms with E-state index in [1.54, 1.807) is 28.4 Å². The third kappa shape index (κ3) is 7.53. The summed E-state index contributed by atoms with van der Waals surface area (Å²) in [4.78, 5) is 0. The molecule has 0 saturated carbocycles. The van der Waals surface area contributed by atoms with Gasteiger partial charge in [0.15, 0.2) is 12.6 Å². The van der Waals surface area contributed by atoms with Crippen molar-refractivity contribution in [2.75, 3.05) is 28.4 Å². The molecule has 0 N–H and O–H groups in total. The molecule has 0 heterocycles. The second-order valence-electron chi connectivity index (χ2n) is 4.06. The minimum atomic E-state index is -0.0914. The van der Waals surface area contributed by atoms with Crippen molar-refractivity contribution < 1.29 is 18.9 Å². The van der Waals surface area contributed by atoms with Crippen LogP contribution in [0.5, 0.6) is 0 Å². The molecule has 0 unspecified atom stereocenters. The Bertz CT molecular complexity index is 136. The number of hydrogen-bond acceptors (Lipinski definition) is 4. The molecule has 0 aliphatic carbocycles. The zero-order chi connectivity index (χ0) is 12.4. The molecular weight excluding hydrogens is 240 g/mol. The van der Waals surface area contributed by atoms with Crippen LogP contribution in [-0.2, 0) is 18.9 Å². The average Bonchev–Trinajstić information content (AvgIpc) is 2.31. The Morgan fingerprint density at radius 3 is 1.31 bits per heavy atom. The van der Waals surface area contributed by atoms with Crippen LogP contribution in [0.4, 0.5) is 0 Å². The molecule has 0 aromatic heterocycles. The van der Waals surface area contributed by atoms with Crippen molar-refractivity contribution in [3.05, 3.63) is 0 Å². The van der Waals surface area contributed by atoms with Gasteiger partial charge in [-0.2, -0.15) is 0 Å². The molecule has 0 saturated heterocycles. The molecule has 0 rings (SSSR count). The zero-order valence-electron chi connectivity index (χ0n) is 11.2. The summed E-state index contributed by atoms with van der Waals surface area (Å²) in [6, 6.07) is 2.21. The second-order valence-corrected chi connectivity index (χ2v) is 10.3. The first-order valence-electron chi connectivity index (χ1n) is 5.79. The Hall–Kier alpha value is 0.274. The van der Waals surface area contributed by atoms with Crippen LogP contribution in [0.1, 0.15) is 6.92 Å². The van der Waals surface area contributed by atoms with Crippen molar-refractivity contribution in [3.8, 4) is 0 Å². The summed E-state index contributed by atoms with van der Waals surface area (Å²) < 4.78 is 20.8. The van der Waals surface area contributed by atoms with Gasteiger partial charge < -0.3 is 18.9 Å². The molecule has 0 aromatic carbocycles. The quantitative estimate of drug-likeness (QED) is 0.417. The van der Waals surface area contributed by atoms with Gasteiger partial charge in [0.25, 0.3) is 0 Å². The first-order valence-corrected chi connectivity index (χ1v) is 9.42. The van der Waals surface area contributed by atoms with E-state index in [-0.39, 0.29) is 31.6 Å². The summed E-state index contributed by atoms with van der Waals surface area (Å²) in [7, 11) is 6.64. The predicted octanol–water partition coefficient (Wildman–Crippen LogP) is 0.164. The maximum Gasteiger partial charge on any atom is 0.153 e. The van der Waals surface area contributed by atoms with Crippen LogP contribution in [0.3, 0.4) is 0 Å². The van der Waals surface area contributed by atoms with Crippen LogP contribution in [0.2, 0.25) is 17.3 Å². The fraction of sp³-hybridized carbons (Fsp3) is 1.00. The lowest BCUT2D eigenvalue weighted by molar-refractivity contribution is -0.0879. The molecule has 0 radical (unpaired) electrons. The molecule has 0 aromatic rings. The number of hydrogen-bond donors (Lipinski definition) is 0. The Balaban J connectivity index is 3.61. The van der Waals surface area contributed by atoms with E-state index < -0.39 is 0 Å². The number of ether oxygens (including phenoxy) is 4. The maximum absolute atomic E-state index is 5.20. The molecule has 0 amide bonds. The smallest absolute Gasteiger partial charge is 0.153 e. The van der Waals surface area contributed by atoms with E-state index in [9.17, 15) is 0 Å². The summed E-state index contributed by atoms with van der Waals surface area (Å²) in [5.41, 5.74) is 0. The van der Waals surface area contributed by atoms with Gasteiger partial charge in [-0.05, 0) is 12.1 Å². The predicted molar refractivity (Wildman–Crippen MR) is 71.7 cm³/mol. The molecule has 4 nitrogen and oxygen atoms in total. The van der Waals surface area contributed by atoms with Crippen molar-refractivity contribution >= 4 is 19.0 Å². The number of methoxy groups -OCH3 is 4. The topological polar surface area (TPSA) is 36.9 Å². The van der Waals surface area contributed by atoms with E-state index in [1.807, 2.05) is 0 Å². The van der Waals surface area contributed by atoms with Gasteiger partial charge in [0.2, 0.25) is 0 Å². The Morgan fingerprint density at radius 2 is 1.06 bits per heavy atom. The van der Waals surface area contributed by atoms with Crippen LogP contribution in [-0.4, -0.2) is 60.1 Å². The lowest BCUT2D eigenvalue weighted by atomic mass is 10.7. The molecule has 0 aliphatic heterocycles. The largest absolute Gasteiger partial charge is 0.356 e. The highest BCUT2D eigenvalue weighted by molar-refractivity contribution is 6.58. The van der Waals surface area contributed by atoms with Crippen molar-refractivity contribution in [1.82, 2.24) is 0 Å². The van der Waals surface area contributed by atoms with E-state index in [1.165, 1.54) is 0 Å². The Labute approximate surface area is 104 Å². The van der Waals surface area contributed by atoms with Crippen LogP contribution in [0.15, 0.2) is 0 Å². The van der Waals surface area contributed by atoms with Crippen molar-refractivity contribution in [2.45, 2.75) is 36.8 Å². The summed E-state index contributed by atoms with van der Waals surface area (Å²) in [5.74, 6) is 0. The van der Waals surface area contributed by atoms with E-state index in [0.717, 1.165) is 17.3 Å². The molecule has 0 atom stereocenters. The standard InChI is InChI=1S/C10H26O4Si2/c1-8(15-6-9(11-2)12-3)16-7-10(13-4)14-5/h8-10H,6-7,15-16H2,1-5H3. The highest BCUT2D eigenvalue weighted by atomic mass is 28.3. The summed E-state index contributed by atoms with van der Waals surface area (Å²) in [5, 5.41) is 0.903.